The minimum atomic E-state index is -0.335. The van der Waals surface area contributed by atoms with E-state index in [2.05, 4.69) is 11.4 Å². The number of aliphatic hydroxyl groups is 1. The number of ether oxygens (including phenoxy) is 1. The van der Waals surface area contributed by atoms with Gasteiger partial charge in [0.15, 0.2) is 0 Å². The van der Waals surface area contributed by atoms with E-state index < -0.39 is 0 Å². The maximum absolute atomic E-state index is 9.09. The van der Waals surface area contributed by atoms with E-state index in [-0.39, 0.29) is 12.6 Å². The summed E-state index contributed by atoms with van der Waals surface area (Å²) >= 11 is 0. The van der Waals surface area contributed by atoms with Gasteiger partial charge < -0.3 is 9.84 Å². The van der Waals surface area contributed by atoms with Crippen molar-refractivity contribution >= 4 is 0 Å². The first-order valence-electron chi connectivity index (χ1n) is 5.63. The number of methoxy groups -OCH3 is 1. The van der Waals surface area contributed by atoms with Crippen LogP contribution in [0.1, 0.15) is 23.6 Å². The quantitative estimate of drug-likeness (QED) is 0.699. The highest BCUT2D eigenvalue weighted by Crippen LogP contribution is 2.14. The molecule has 1 unspecified atom stereocenters. The van der Waals surface area contributed by atoms with Gasteiger partial charge in [-0.25, -0.2) is 0 Å². The van der Waals surface area contributed by atoms with Crippen molar-refractivity contribution in [1.29, 1.82) is 5.26 Å². The van der Waals surface area contributed by atoms with Gasteiger partial charge in [-0.1, -0.05) is 24.3 Å². The molecule has 1 atom stereocenters. The summed E-state index contributed by atoms with van der Waals surface area (Å²) in [5, 5.41) is 20.9. The fraction of sp³-hybridized carbons (Fsp3) is 0.462. The molecule has 0 radical (unpaired) electrons. The minimum absolute atomic E-state index is 0.134. The van der Waals surface area contributed by atoms with Crippen LogP contribution in [0.5, 0.6) is 0 Å². The van der Waals surface area contributed by atoms with Crippen LogP contribution >= 0.6 is 0 Å². The second-order valence-electron chi connectivity index (χ2n) is 3.77. The molecule has 4 nitrogen and oxygen atoms in total. The van der Waals surface area contributed by atoms with E-state index >= 15 is 0 Å². The van der Waals surface area contributed by atoms with Crippen LogP contribution in [0.4, 0.5) is 0 Å². The van der Waals surface area contributed by atoms with Crippen LogP contribution in [0, 0.1) is 11.3 Å². The zero-order valence-corrected chi connectivity index (χ0v) is 10.0. The van der Waals surface area contributed by atoms with Crippen molar-refractivity contribution in [1.82, 2.24) is 5.32 Å². The van der Waals surface area contributed by atoms with E-state index in [1.54, 1.807) is 7.11 Å². The fourth-order valence-electron chi connectivity index (χ4n) is 1.59. The highest BCUT2D eigenvalue weighted by Gasteiger charge is 2.09. The molecule has 4 heteroatoms. The average Bonchev–Trinajstić information content (AvgIpc) is 2.35. The molecule has 0 aliphatic heterocycles. The summed E-state index contributed by atoms with van der Waals surface area (Å²) < 4.78 is 5.06. The Morgan fingerprint density at radius 3 is 3.00 bits per heavy atom. The first-order valence-corrected chi connectivity index (χ1v) is 5.63. The summed E-state index contributed by atoms with van der Waals surface area (Å²) in [4.78, 5) is 0. The van der Waals surface area contributed by atoms with Crippen LogP contribution in [0.15, 0.2) is 24.3 Å². The van der Waals surface area contributed by atoms with E-state index in [9.17, 15) is 0 Å². The van der Waals surface area contributed by atoms with E-state index in [0.717, 1.165) is 11.1 Å². The fourth-order valence-corrected chi connectivity index (χ4v) is 1.59. The molecule has 0 fully saturated rings. The molecule has 0 saturated carbocycles. The number of rotatable bonds is 7. The summed E-state index contributed by atoms with van der Waals surface area (Å²) in [7, 11) is 1.65. The third-order valence-electron chi connectivity index (χ3n) is 2.41. The summed E-state index contributed by atoms with van der Waals surface area (Å²) in [6, 6.07) is 9.64. The van der Waals surface area contributed by atoms with Gasteiger partial charge in [0.25, 0.3) is 0 Å². The maximum Gasteiger partial charge on any atom is 0.121 e. The third-order valence-corrected chi connectivity index (χ3v) is 2.41. The molecule has 17 heavy (non-hydrogen) atoms. The van der Waals surface area contributed by atoms with Crippen molar-refractivity contribution in [2.75, 3.05) is 20.3 Å². The number of nitrogens with zero attached hydrogens (tertiary/aromatic N) is 1. The molecule has 2 N–H and O–H groups in total. The van der Waals surface area contributed by atoms with Crippen LogP contribution in [0.25, 0.3) is 0 Å². The van der Waals surface area contributed by atoms with Crippen LogP contribution < -0.4 is 5.32 Å². The van der Waals surface area contributed by atoms with Gasteiger partial charge in [-0.2, -0.15) is 5.26 Å². The SMILES string of the molecule is COCc1cccc(C(C#N)NCCCO)c1. The standard InChI is InChI=1S/C13H18N2O2/c1-17-10-11-4-2-5-12(8-11)13(9-14)15-6-3-7-16/h2,4-5,8,13,15-16H,3,6-7,10H2,1H3. The average molecular weight is 234 g/mol. The van der Waals surface area contributed by atoms with Gasteiger partial charge in [0.2, 0.25) is 0 Å². The molecule has 0 aliphatic rings. The molecule has 0 spiro atoms. The molecular weight excluding hydrogens is 216 g/mol. The maximum atomic E-state index is 9.09. The van der Waals surface area contributed by atoms with Gasteiger partial charge in [-0.05, 0) is 24.1 Å². The van der Waals surface area contributed by atoms with Gasteiger partial charge in [-0.15, -0.1) is 0 Å². The van der Waals surface area contributed by atoms with E-state index in [1.165, 1.54) is 0 Å². The molecule has 0 heterocycles. The Hall–Kier alpha value is -1.41. The number of nitriles is 1. The van der Waals surface area contributed by atoms with E-state index in [1.807, 2.05) is 24.3 Å². The molecule has 0 aromatic heterocycles. The number of aliphatic hydroxyl groups excluding tert-OH is 1. The Balaban J connectivity index is 2.67. The number of nitrogens with one attached hydrogen (secondary N) is 1. The van der Waals surface area contributed by atoms with Crippen molar-refractivity contribution in [2.24, 2.45) is 0 Å². The molecule has 0 bridgehead atoms. The predicted molar refractivity (Wildman–Crippen MR) is 65.2 cm³/mol. The Bertz CT molecular complexity index is 374. The second kappa shape index (κ2) is 7.80. The molecule has 0 saturated heterocycles. The first-order chi connectivity index (χ1) is 8.31. The Labute approximate surface area is 102 Å². The normalized spacial score (nSPS) is 12.1. The van der Waals surface area contributed by atoms with Crippen LogP contribution in [-0.4, -0.2) is 25.4 Å². The van der Waals surface area contributed by atoms with Crippen molar-refractivity contribution in [3.8, 4) is 6.07 Å². The minimum Gasteiger partial charge on any atom is -0.396 e. The smallest absolute Gasteiger partial charge is 0.121 e. The van der Waals surface area contributed by atoms with E-state index in [0.29, 0.717) is 19.6 Å². The zero-order valence-electron chi connectivity index (χ0n) is 10.0. The lowest BCUT2D eigenvalue weighted by Gasteiger charge is -2.12. The lowest BCUT2D eigenvalue weighted by molar-refractivity contribution is 0.185. The Morgan fingerprint density at radius 2 is 2.35 bits per heavy atom. The highest BCUT2D eigenvalue weighted by molar-refractivity contribution is 5.29. The Morgan fingerprint density at radius 1 is 1.53 bits per heavy atom. The lowest BCUT2D eigenvalue weighted by Crippen LogP contribution is -2.21. The zero-order chi connectivity index (χ0) is 12.5. The molecule has 1 aromatic rings. The number of benzene rings is 1. The van der Waals surface area contributed by atoms with E-state index in [4.69, 9.17) is 15.1 Å². The highest BCUT2D eigenvalue weighted by atomic mass is 16.5. The summed E-state index contributed by atoms with van der Waals surface area (Å²) in [6.45, 7) is 1.31. The molecule has 1 aromatic carbocycles. The van der Waals surface area contributed by atoms with Crippen molar-refractivity contribution in [2.45, 2.75) is 19.1 Å². The van der Waals surface area contributed by atoms with Crippen LogP contribution in [0.2, 0.25) is 0 Å². The molecule has 92 valence electrons. The summed E-state index contributed by atoms with van der Waals surface area (Å²) in [6.07, 6.45) is 0.649. The van der Waals surface area contributed by atoms with Gasteiger partial charge >= 0.3 is 0 Å². The monoisotopic (exact) mass is 234 g/mol. The summed E-state index contributed by atoms with van der Waals surface area (Å²) in [5.41, 5.74) is 1.98. The summed E-state index contributed by atoms with van der Waals surface area (Å²) in [5.74, 6) is 0. The third kappa shape index (κ3) is 4.53. The molecule has 1 rings (SSSR count). The Kier molecular flexibility index (Phi) is 6.26. The van der Waals surface area contributed by atoms with Gasteiger partial charge in [-0.3, -0.25) is 5.32 Å². The lowest BCUT2D eigenvalue weighted by atomic mass is 10.1. The van der Waals surface area contributed by atoms with Crippen LogP contribution in [0.3, 0.4) is 0 Å². The topological polar surface area (TPSA) is 65.3 Å². The predicted octanol–water partition coefficient (Wildman–Crippen LogP) is 1.37. The molecule has 0 amide bonds. The van der Waals surface area contributed by atoms with Gasteiger partial charge in [0.05, 0.1) is 12.7 Å². The number of hydrogen-bond acceptors (Lipinski definition) is 4. The van der Waals surface area contributed by atoms with Crippen molar-refractivity contribution in [3.63, 3.8) is 0 Å². The van der Waals surface area contributed by atoms with Crippen molar-refractivity contribution in [3.05, 3.63) is 35.4 Å². The first kappa shape index (κ1) is 13.7. The van der Waals surface area contributed by atoms with Crippen molar-refractivity contribution < 1.29 is 9.84 Å². The second-order valence-corrected chi connectivity index (χ2v) is 3.77. The van der Waals surface area contributed by atoms with Gasteiger partial charge in [0.1, 0.15) is 6.04 Å². The molecule has 0 aliphatic carbocycles. The van der Waals surface area contributed by atoms with Gasteiger partial charge in [0, 0.05) is 13.7 Å². The molecular formula is C13H18N2O2. The largest absolute Gasteiger partial charge is 0.396 e. The number of hydrogen-bond donors (Lipinski definition) is 2. The van der Waals surface area contributed by atoms with Crippen LogP contribution in [-0.2, 0) is 11.3 Å².